The largest absolute Gasteiger partial charge is 0.465 e. The highest BCUT2D eigenvalue weighted by Gasteiger charge is 2.18. The van der Waals surface area contributed by atoms with Crippen LogP contribution in [0.25, 0.3) is 0 Å². The molecule has 0 heterocycles. The maximum Gasteiger partial charge on any atom is 0.337 e. The minimum absolute atomic E-state index is 0.0359. The fourth-order valence-corrected chi connectivity index (χ4v) is 1.50. The van der Waals surface area contributed by atoms with E-state index in [4.69, 9.17) is 15.7 Å². The lowest BCUT2D eigenvalue weighted by atomic mass is 9.85. The van der Waals surface area contributed by atoms with E-state index in [-0.39, 0.29) is 11.3 Å². The van der Waals surface area contributed by atoms with Gasteiger partial charge >= 0.3 is 5.97 Å². The number of carbonyl (C=O) groups is 1. The topological polar surface area (TPSA) is 84.9 Å². The van der Waals surface area contributed by atoms with Crippen molar-refractivity contribution in [2.75, 3.05) is 7.11 Å². The van der Waals surface area contributed by atoms with Crippen LogP contribution in [0.1, 0.15) is 42.3 Å². The monoisotopic (exact) mass is 250 g/mol. The highest BCUT2D eigenvalue weighted by atomic mass is 16.5. The lowest BCUT2D eigenvalue weighted by Crippen LogP contribution is -2.18. The highest BCUT2D eigenvalue weighted by Crippen LogP contribution is 2.25. The Kier molecular flexibility index (Phi) is 3.96. The minimum atomic E-state index is -0.451. The number of ether oxygens (including phenoxy) is 1. The highest BCUT2D eigenvalue weighted by molar-refractivity contribution is 6.00. The smallest absolute Gasteiger partial charge is 0.337 e. The van der Waals surface area contributed by atoms with Crippen LogP contribution in [-0.4, -0.2) is 24.1 Å². The minimum Gasteiger partial charge on any atom is -0.465 e. The maximum absolute atomic E-state index is 11.6. The van der Waals surface area contributed by atoms with Crippen molar-refractivity contribution in [3.8, 4) is 0 Å². The number of amidine groups is 1. The number of hydrogen-bond acceptors (Lipinski definition) is 4. The molecule has 0 aromatic heterocycles. The molecular weight excluding hydrogens is 232 g/mol. The van der Waals surface area contributed by atoms with Crippen LogP contribution in [0.2, 0.25) is 0 Å². The van der Waals surface area contributed by atoms with E-state index in [1.807, 2.05) is 20.8 Å². The van der Waals surface area contributed by atoms with Crippen LogP contribution in [0.4, 0.5) is 0 Å². The predicted molar refractivity (Wildman–Crippen MR) is 69.0 cm³/mol. The Bertz CT molecular complexity index is 487. The fourth-order valence-electron chi connectivity index (χ4n) is 1.50. The normalized spacial score (nSPS) is 12.3. The van der Waals surface area contributed by atoms with Crippen molar-refractivity contribution in [3.05, 3.63) is 34.9 Å². The molecule has 1 aromatic rings. The van der Waals surface area contributed by atoms with Gasteiger partial charge in [0.05, 0.1) is 12.7 Å². The summed E-state index contributed by atoms with van der Waals surface area (Å²) in [6, 6.07) is 5.08. The summed E-state index contributed by atoms with van der Waals surface area (Å²) in [5.41, 5.74) is 7.19. The van der Waals surface area contributed by atoms with Gasteiger partial charge in [-0.1, -0.05) is 25.9 Å². The van der Waals surface area contributed by atoms with E-state index in [9.17, 15) is 4.79 Å². The van der Waals surface area contributed by atoms with E-state index < -0.39 is 5.97 Å². The second kappa shape index (κ2) is 5.08. The molecule has 0 amide bonds. The van der Waals surface area contributed by atoms with Gasteiger partial charge in [-0.2, -0.15) is 0 Å². The molecule has 0 atom stereocenters. The Morgan fingerprint density at radius 2 is 1.83 bits per heavy atom. The molecule has 1 rings (SSSR count). The first kappa shape index (κ1) is 14.0. The molecule has 5 nitrogen and oxygen atoms in total. The van der Waals surface area contributed by atoms with Gasteiger partial charge in [0.25, 0.3) is 0 Å². The Morgan fingerprint density at radius 3 is 2.28 bits per heavy atom. The zero-order valence-electron chi connectivity index (χ0n) is 11.0. The van der Waals surface area contributed by atoms with E-state index in [1.54, 1.807) is 12.1 Å². The van der Waals surface area contributed by atoms with Gasteiger partial charge in [-0.05, 0) is 29.2 Å². The molecule has 0 aliphatic heterocycles. The van der Waals surface area contributed by atoms with Crippen LogP contribution >= 0.6 is 0 Å². The molecule has 0 radical (unpaired) electrons. The lowest BCUT2D eigenvalue weighted by molar-refractivity contribution is 0.0600. The Hall–Kier alpha value is -2.04. The van der Waals surface area contributed by atoms with Gasteiger partial charge in [-0.3, -0.25) is 0 Å². The summed E-state index contributed by atoms with van der Waals surface area (Å²) in [4.78, 5) is 11.6. The molecule has 18 heavy (non-hydrogen) atoms. The summed E-state index contributed by atoms with van der Waals surface area (Å²) in [6.07, 6.45) is 0. The molecule has 0 unspecified atom stereocenters. The second-order valence-corrected chi connectivity index (χ2v) is 5.03. The summed E-state index contributed by atoms with van der Waals surface area (Å²) >= 11 is 0. The number of esters is 1. The quantitative estimate of drug-likeness (QED) is 0.276. The van der Waals surface area contributed by atoms with Crippen molar-refractivity contribution in [1.29, 1.82) is 0 Å². The Morgan fingerprint density at radius 1 is 1.28 bits per heavy atom. The molecular formula is C13H18N2O3. The molecule has 0 bridgehead atoms. The van der Waals surface area contributed by atoms with Crippen LogP contribution in [0.3, 0.4) is 0 Å². The number of rotatable bonds is 2. The van der Waals surface area contributed by atoms with E-state index >= 15 is 0 Å². The average molecular weight is 250 g/mol. The van der Waals surface area contributed by atoms with Gasteiger partial charge in [-0.25, -0.2) is 4.79 Å². The summed E-state index contributed by atoms with van der Waals surface area (Å²) in [5, 5.41) is 11.7. The van der Waals surface area contributed by atoms with Crippen LogP contribution in [0.15, 0.2) is 23.4 Å². The van der Waals surface area contributed by atoms with Crippen LogP contribution in [-0.2, 0) is 10.2 Å². The number of nitrogens with zero attached hydrogens (tertiary/aromatic N) is 1. The molecule has 0 saturated carbocycles. The number of methoxy groups -OCH3 is 1. The number of hydrogen-bond donors (Lipinski definition) is 2. The zero-order valence-corrected chi connectivity index (χ0v) is 11.0. The number of oxime groups is 1. The van der Waals surface area contributed by atoms with Crippen molar-refractivity contribution in [1.82, 2.24) is 0 Å². The van der Waals surface area contributed by atoms with Gasteiger partial charge in [0, 0.05) is 5.56 Å². The van der Waals surface area contributed by atoms with E-state index in [0.717, 1.165) is 5.56 Å². The van der Waals surface area contributed by atoms with Crippen molar-refractivity contribution in [3.63, 3.8) is 0 Å². The Labute approximate surface area is 106 Å². The van der Waals surface area contributed by atoms with Crippen LogP contribution < -0.4 is 5.73 Å². The molecule has 0 fully saturated rings. The van der Waals surface area contributed by atoms with Crippen molar-refractivity contribution in [2.45, 2.75) is 26.2 Å². The summed E-state index contributed by atoms with van der Waals surface area (Å²) in [5.74, 6) is -0.487. The molecule has 0 aliphatic rings. The third-order valence-electron chi connectivity index (χ3n) is 2.62. The standard InChI is InChI=1S/C13H18N2O3/c1-13(2,3)10-6-8(11(14)15-17)5-9(7-10)12(16)18-4/h5-7,17H,1-4H3,(H2,14,15). The van der Waals surface area contributed by atoms with Gasteiger partial charge in [0.15, 0.2) is 5.84 Å². The molecule has 98 valence electrons. The lowest BCUT2D eigenvalue weighted by Gasteiger charge is -2.20. The third kappa shape index (κ3) is 3.00. The molecule has 0 saturated heterocycles. The van der Waals surface area contributed by atoms with Crippen LogP contribution in [0.5, 0.6) is 0 Å². The predicted octanol–water partition coefficient (Wildman–Crippen LogP) is 1.87. The molecule has 5 heteroatoms. The van der Waals surface area contributed by atoms with Gasteiger partial charge in [0.1, 0.15) is 0 Å². The third-order valence-corrected chi connectivity index (χ3v) is 2.62. The van der Waals surface area contributed by atoms with E-state index in [1.165, 1.54) is 13.2 Å². The number of benzene rings is 1. The molecule has 3 N–H and O–H groups in total. The van der Waals surface area contributed by atoms with Gasteiger partial charge in [0.2, 0.25) is 0 Å². The maximum atomic E-state index is 11.6. The summed E-state index contributed by atoms with van der Waals surface area (Å²) < 4.78 is 4.69. The zero-order chi connectivity index (χ0) is 13.9. The van der Waals surface area contributed by atoms with Crippen molar-refractivity contribution in [2.24, 2.45) is 10.9 Å². The van der Waals surface area contributed by atoms with Crippen molar-refractivity contribution < 1.29 is 14.7 Å². The second-order valence-electron chi connectivity index (χ2n) is 5.03. The SMILES string of the molecule is COC(=O)c1cc(/C(N)=N\O)cc(C(C)(C)C)c1. The average Bonchev–Trinajstić information content (AvgIpc) is 2.35. The van der Waals surface area contributed by atoms with E-state index in [2.05, 4.69) is 5.16 Å². The van der Waals surface area contributed by atoms with Gasteiger partial charge in [-0.15, -0.1) is 0 Å². The number of carbonyl (C=O) groups excluding carboxylic acids is 1. The fraction of sp³-hybridized carbons (Fsp3) is 0.385. The van der Waals surface area contributed by atoms with Gasteiger partial charge < -0.3 is 15.7 Å². The molecule has 0 spiro atoms. The first-order valence-electron chi connectivity index (χ1n) is 5.51. The first-order valence-corrected chi connectivity index (χ1v) is 5.51. The van der Waals surface area contributed by atoms with E-state index in [0.29, 0.717) is 11.1 Å². The Balaban J connectivity index is 3.43. The summed E-state index contributed by atoms with van der Waals surface area (Å²) in [6.45, 7) is 6.04. The van der Waals surface area contributed by atoms with Crippen molar-refractivity contribution >= 4 is 11.8 Å². The first-order chi connectivity index (χ1) is 8.29. The van der Waals surface area contributed by atoms with Crippen LogP contribution in [0, 0.1) is 0 Å². The number of nitrogens with two attached hydrogens (primary N) is 1. The molecule has 0 aliphatic carbocycles. The summed E-state index contributed by atoms with van der Waals surface area (Å²) in [7, 11) is 1.31. The molecule has 1 aromatic carbocycles.